The molecule has 0 amide bonds. The molecule has 0 saturated heterocycles. The summed E-state index contributed by atoms with van der Waals surface area (Å²) in [4.78, 5) is 0. The van der Waals surface area contributed by atoms with Crippen molar-refractivity contribution < 1.29 is 0 Å². The normalized spacial score (nSPS) is 13.6. The van der Waals surface area contributed by atoms with Gasteiger partial charge < -0.3 is 5.32 Å². The van der Waals surface area contributed by atoms with E-state index >= 15 is 0 Å². The fraction of sp³-hybridized carbons (Fsp3) is 0.375. The lowest BCUT2D eigenvalue weighted by Gasteiger charge is -2.08. The Balaban J connectivity index is 0.000000686. The van der Waals surface area contributed by atoms with Crippen LogP contribution in [-0.2, 0) is 6.54 Å². The van der Waals surface area contributed by atoms with Crippen LogP contribution in [0.15, 0.2) is 54.1 Å². The Labute approximate surface area is 105 Å². The number of nitrogens with one attached hydrogen (secondary N) is 1. The van der Waals surface area contributed by atoms with Gasteiger partial charge in [-0.25, -0.2) is 0 Å². The Morgan fingerprint density at radius 2 is 1.76 bits per heavy atom. The summed E-state index contributed by atoms with van der Waals surface area (Å²) in [6.07, 6.45) is 9.18. The number of hydrogen-bond acceptors (Lipinski definition) is 1. The molecule has 0 unspecified atom stereocenters. The van der Waals surface area contributed by atoms with Gasteiger partial charge in [0.25, 0.3) is 0 Å². The lowest BCUT2D eigenvalue weighted by atomic mass is 10.1. The van der Waals surface area contributed by atoms with Crippen LogP contribution >= 0.6 is 0 Å². The maximum Gasteiger partial charge on any atom is 0.0208 e. The van der Waals surface area contributed by atoms with Gasteiger partial charge in [0, 0.05) is 13.1 Å². The minimum absolute atomic E-state index is 0.950. The second-order valence-electron chi connectivity index (χ2n) is 3.85. The van der Waals surface area contributed by atoms with Crippen LogP contribution in [0.3, 0.4) is 0 Å². The van der Waals surface area contributed by atoms with E-state index in [1.54, 1.807) is 0 Å². The molecule has 1 N–H and O–H groups in total. The van der Waals surface area contributed by atoms with Gasteiger partial charge in [0.15, 0.2) is 0 Å². The molecule has 0 radical (unpaired) electrons. The van der Waals surface area contributed by atoms with Gasteiger partial charge in [-0.1, -0.05) is 62.4 Å². The lowest BCUT2D eigenvalue weighted by molar-refractivity contribution is 0.742. The summed E-state index contributed by atoms with van der Waals surface area (Å²) in [5.41, 5.74) is 2.76. The van der Waals surface area contributed by atoms with Gasteiger partial charge in [-0.15, -0.1) is 0 Å². The van der Waals surface area contributed by atoms with Crippen molar-refractivity contribution in [2.75, 3.05) is 6.54 Å². The predicted octanol–water partition coefficient (Wildman–Crippen LogP) is 4.08. The first-order valence-corrected chi connectivity index (χ1v) is 6.55. The molecule has 0 spiro atoms. The van der Waals surface area contributed by atoms with Crippen LogP contribution in [0.25, 0.3) is 0 Å². The molecule has 0 aromatic heterocycles. The molecule has 1 heteroatoms. The van der Waals surface area contributed by atoms with Gasteiger partial charge in [-0.3, -0.25) is 0 Å². The molecule has 1 aromatic carbocycles. The maximum absolute atomic E-state index is 3.45. The third-order valence-corrected chi connectivity index (χ3v) is 2.57. The summed E-state index contributed by atoms with van der Waals surface area (Å²) >= 11 is 0. The van der Waals surface area contributed by atoms with Gasteiger partial charge in [-0.05, 0) is 24.0 Å². The summed E-state index contributed by atoms with van der Waals surface area (Å²) < 4.78 is 0. The Morgan fingerprint density at radius 3 is 2.41 bits per heavy atom. The van der Waals surface area contributed by atoms with Crippen molar-refractivity contribution >= 4 is 0 Å². The minimum atomic E-state index is 0.950. The monoisotopic (exact) mass is 229 g/mol. The first kappa shape index (κ1) is 13.7. The first-order valence-electron chi connectivity index (χ1n) is 6.55. The molecular weight excluding hydrogens is 206 g/mol. The van der Waals surface area contributed by atoms with E-state index in [4.69, 9.17) is 0 Å². The predicted molar refractivity (Wildman–Crippen MR) is 76.0 cm³/mol. The van der Waals surface area contributed by atoms with Gasteiger partial charge in [0.05, 0.1) is 0 Å². The summed E-state index contributed by atoms with van der Waals surface area (Å²) in [7, 11) is 0. The van der Waals surface area contributed by atoms with E-state index in [-0.39, 0.29) is 0 Å². The highest BCUT2D eigenvalue weighted by Crippen LogP contribution is 2.08. The van der Waals surface area contributed by atoms with E-state index in [1.165, 1.54) is 24.0 Å². The van der Waals surface area contributed by atoms with Crippen LogP contribution in [0, 0.1) is 0 Å². The third kappa shape index (κ3) is 5.50. The minimum Gasteiger partial charge on any atom is -0.309 e. The molecule has 0 fully saturated rings. The zero-order valence-electron chi connectivity index (χ0n) is 10.9. The molecule has 2 rings (SSSR count). The van der Waals surface area contributed by atoms with Crippen LogP contribution in [0.1, 0.15) is 32.3 Å². The zero-order chi connectivity index (χ0) is 12.3. The van der Waals surface area contributed by atoms with Crippen LogP contribution in [0.2, 0.25) is 0 Å². The van der Waals surface area contributed by atoms with Crippen molar-refractivity contribution in [1.82, 2.24) is 5.32 Å². The molecule has 1 aliphatic rings. The summed E-state index contributed by atoms with van der Waals surface area (Å²) in [5.74, 6) is 0. The molecule has 0 heterocycles. The largest absolute Gasteiger partial charge is 0.309 e. The van der Waals surface area contributed by atoms with Crippen LogP contribution < -0.4 is 5.32 Å². The fourth-order valence-corrected chi connectivity index (χ4v) is 1.75. The highest BCUT2D eigenvalue weighted by Gasteiger charge is 1.96. The van der Waals surface area contributed by atoms with Crippen LogP contribution in [-0.4, -0.2) is 6.54 Å². The van der Waals surface area contributed by atoms with E-state index in [1.807, 2.05) is 13.8 Å². The molecule has 1 aliphatic carbocycles. The molecule has 92 valence electrons. The van der Waals surface area contributed by atoms with Crippen LogP contribution in [0.5, 0.6) is 0 Å². The van der Waals surface area contributed by atoms with Gasteiger partial charge in [0.2, 0.25) is 0 Å². The highest BCUT2D eigenvalue weighted by molar-refractivity contribution is 5.23. The van der Waals surface area contributed by atoms with E-state index in [9.17, 15) is 0 Å². The molecular formula is C16H23N. The Kier molecular flexibility index (Phi) is 7.08. The smallest absolute Gasteiger partial charge is 0.0208 e. The van der Waals surface area contributed by atoms with Gasteiger partial charge in [0.1, 0.15) is 0 Å². The SMILES string of the molecule is C1=CC(CNCc2ccccc2)=CCC1.CC. The quantitative estimate of drug-likeness (QED) is 0.820. The van der Waals surface area contributed by atoms with E-state index < -0.39 is 0 Å². The molecule has 0 saturated carbocycles. The van der Waals surface area contributed by atoms with Crippen molar-refractivity contribution in [2.24, 2.45) is 0 Å². The molecule has 17 heavy (non-hydrogen) atoms. The van der Waals surface area contributed by atoms with E-state index in [0.717, 1.165) is 13.1 Å². The zero-order valence-corrected chi connectivity index (χ0v) is 10.9. The van der Waals surface area contributed by atoms with E-state index in [2.05, 4.69) is 53.9 Å². The fourth-order valence-electron chi connectivity index (χ4n) is 1.75. The van der Waals surface area contributed by atoms with Gasteiger partial charge in [-0.2, -0.15) is 0 Å². The van der Waals surface area contributed by atoms with Crippen molar-refractivity contribution in [3.8, 4) is 0 Å². The molecule has 0 aliphatic heterocycles. The maximum atomic E-state index is 3.45. The number of hydrogen-bond donors (Lipinski definition) is 1. The molecule has 1 nitrogen and oxygen atoms in total. The number of allylic oxidation sites excluding steroid dienone is 2. The second kappa shape index (κ2) is 8.77. The van der Waals surface area contributed by atoms with Crippen molar-refractivity contribution in [3.05, 3.63) is 59.7 Å². The summed E-state index contributed by atoms with van der Waals surface area (Å²) in [6, 6.07) is 10.5. The molecule has 0 bridgehead atoms. The Bertz CT molecular complexity index is 349. The standard InChI is InChI=1S/C14H17N.C2H6/c1-3-7-13(8-4-1)11-15-12-14-9-5-2-6-10-14;1-2/h1,3-5,7-10,15H,2,6,11-12H2;1-2H3. The van der Waals surface area contributed by atoms with E-state index in [0.29, 0.717) is 0 Å². The van der Waals surface area contributed by atoms with Crippen molar-refractivity contribution in [2.45, 2.75) is 33.2 Å². The van der Waals surface area contributed by atoms with Crippen LogP contribution in [0.4, 0.5) is 0 Å². The number of benzene rings is 1. The van der Waals surface area contributed by atoms with Crippen molar-refractivity contribution in [3.63, 3.8) is 0 Å². The Morgan fingerprint density at radius 1 is 1.00 bits per heavy atom. The summed E-state index contributed by atoms with van der Waals surface area (Å²) in [6.45, 7) is 5.93. The van der Waals surface area contributed by atoms with Gasteiger partial charge >= 0.3 is 0 Å². The topological polar surface area (TPSA) is 12.0 Å². The second-order valence-corrected chi connectivity index (χ2v) is 3.85. The average Bonchev–Trinajstić information content (AvgIpc) is 2.43. The Hall–Kier alpha value is -1.34. The first-order chi connectivity index (χ1) is 8.45. The molecule has 1 aromatic rings. The average molecular weight is 229 g/mol. The van der Waals surface area contributed by atoms with Crippen molar-refractivity contribution in [1.29, 1.82) is 0 Å². The third-order valence-electron chi connectivity index (χ3n) is 2.57. The number of rotatable bonds is 4. The lowest BCUT2D eigenvalue weighted by Crippen LogP contribution is -2.16. The molecule has 0 atom stereocenters. The summed E-state index contributed by atoms with van der Waals surface area (Å²) in [5, 5.41) is 3.45. The highest BCUT2D eigenvalue weighted by atomic mass is 14.8.